The molecule has 0 saturated carbocycles. The van der Waals surface area contributed by atoms with Gasteiger partial charge in [-0.2, -0.15) is 5.10 Å². The normalized spacial score (nSPS) is 15.2. The number of nitrogens with two attached hydrogens (primary N) is 1. The molecule has 0 amide bonds. The molecule has 0 fully saturated rings. The molecule has 0 aliphatic rings. The molecule has 5 nitrogen and oxygen atoms in total. The van der Waals surface area contributed by atoms with E-state index in [1.54, 1.807) is 18.0 Å². The third-order valence-corrected chi connectivity index (χ3v) is 2.11. The van der Waals surface area contributed by atoms with Crippen LogP contribution in [0.5, 0.6) is 0 Å². The number of hydrogen-bond acceptors (Lipinski definition) is 4. The fourth-order valence-electron chi connectivity index (χ4n) is 1.43. The largest absolute Gasteiger partial charge is 0.382 e. The molecule has 2 N–H and O–H groups in total. The number of hydrogen-bond donors (Lipinski definition) is 1. The minimum Gasteiger partial charge on any atom is -0.382 e. The molecular weight excluding hydrogens is 194 g/mol. The summed E-state index contributed by atoms with van der Waals surface area (Å²) in [6.07, 6.45) is 3.61. The lowest BCUT2D eigenvalue weighted by Gasteiger charge is -2.19. The Morgan fingerprint density at radius 2 is 2.33 bits per heavy atom. The van der Waals surface area contributed by atoms with Crippen LogP contribution in [0.15, 0.2) is 12.4 Å². The third-order valence-electron chi connectivity index (χ3n) is 2.11. The molecule has 86 valence electrons. The maximum Gasteiger partial charge on any atom is 0.0982 e. The molecule has 0 radical (unpaired) electrons. The molecule has 0 bridgehead atoms. The van der Waals surface area contributed by atoms with Gasteiger partial charge in [0.15, 0.2) is 0 Å². The van der Waals surface area contributed by atoms with Crippen LogP contribution in [-0.2, 0) is 16.5 Å². The van der Waals surface area contributed by atoms with Crippen molar-refractivity contribution in [1.82, 2.24) is 9.78 Å². The first-order valence-electron chi connectivity index (χ1n) is 5.00. The van der Waals surface area contributed by atoms with E-state index in [2.05, 4.69) is 5.10 Å². The number of aromatic nitrogens is 2. The summed E-state index contributed by atoms with van der Waals surface area (Å²) in [5, 5.41) is 4.09. The second kappa shape index (κ2) is 5.85. The van der Waals surface area contributed by atoms with Crippen LogP contribution in [0.3, 0.4) is 0 Å². The van der Waals surface area contributed by atoms with E-state index in [0.717, 1.165) is 5.56 Å². The van der Waals surface area contributed by atoms with E-state index in [0.29, 0.717) is 13.2 Å². The zero-order valence-electron chi connectivity index (χ0n) is 9.51. The highest BCUT2D eigenvalue weighted by atomic mass is 16.5. The Morgan fingerprint density at radius 1 is 1.60 bits per heavy atom. The standard InChI is InChI=1S/C10H19N3O2/c1-8(7-14-3)15-10(4-11)9-5-12-13(2)6-9/h5-6,8,10H,4,7,11H2,1-3H3. The molecule has 0 aliphatic heterocycles. The molecule has 2 unspecified atom stereocenters. The summed E-state index contributed by atoms with van der Waals surface area (Å²) in [6, 6.07) is 0. The minimum atomic E-state index is -0.108. The molecule has 0 saturated heterocycles. The van der Waals surface area contributed by atoms with Gasteiger partial charge in [-0.25, -0.2) is 0 Å². The van der Waals surface area contributed by atoms with Gasteiger partial charge in [0.25, 0.3) is 0 Å². The lowest BCUT2D eigenvalue weighted by atomic mass is 10.2. The Kier molecular flexibility index (Phi) is 4.74. The van der Waals surface area contributed by atoms with Gasteiger partial charge in [0, 0.05) is 32.5 Å². The lowest BCUT2D eigenvalue weighted by Crippen LogP contribution is -2.23. The van der Waals surface area contributed by atoms with Crippen molar-refractivity contribution >= 4 is 0 Å². The van der Waals surface area contributed by atoms with Crippen molar-refractivity contribution in [2.24, 2.45) is 12.8 Å². The molecule has 0 aliphatic carbocycles. The molecule has 1 heterocycles. The smallest absolute Gasteiger partial charge is 0.0982 e. The third kappa shape index (κ3) is 3.62. The highest BCUT2D eigenvalue weighted by Crippen LogP contribution is 2.17. The van der Waals surface area contributed by atoms with Gasteiger partial charge in [-0.15, -0.1) is 0 Å². The average molecular weight is 213 g/mol. The highest BCUT2D eigenvalue weighted by Gasteiger charge is 2.15. The summed E-state index contributed by atoms with van der Waals surface area (Å²) in [5.41, 5.74) is 6.66. The fourth-order valence-corrected chi connectivity index (χ4v) is 1.43. The molecular formula is C10H19N3O2. The Morgan fingerprint density at radius 3 is 2.80 bits per heavy atom. The second-order valence-electron chi connectivity index (χ2n) is 3.57. The monoisotopic (exact) mass is 213 g/mol. The molecule has 1 aromatic rings. The molecule has 0 aromatic carbocycles. The predicted molar refractivity (Wildman–Crippen MR) is 57.4 cm³/mol. The topological polar surface area (TPSA) is 62.3 Å². The van der Waals surface area contributed by atoms with Crippen molar-refractivity contribution in [2.75, 3.05) is 20.3 Å². The first-order chi connectivity index (χ1) is 7.17. The highest BCUT2D eigenvalue weighted by molar-refractivity contribution is 5.08. The van der Waals surface area contributed by atoms with E-state index in [-0.39, 0.29) is 12.2 Å². The maximum absolute atomic E-state index is 5.74. The summed E-state index contributed by atoms with van der Waals surface area (Å²) < 4.78 is 12.5. The SMILES string of the molecule is COCC(C)OC(CN)c1cnn(C)c1. The van der Waals surface area contributed by atoms with Crippen LogP contribution in [0.25, 0.3) is 0 Å². The van der Waals surface area contributed by atoms with Crippen molar-refractivity contribution in [2.45, 2.75) is 19.1 Å². The molecule has 15 heavy (non-hydrogen) atoms. The lowest BCUT2D eigenvalue weighted by molar-refractivity contribution is -0.0362. The van der Waals surface area contributed by atoms with E-state index in [1.807, 2.05) is 20.2 Å². The summed E-state index contributed by atoms with van der Waals surface area (Å²) in [6.45, 7) is 2.97. The fraction of sp³-hybridized carbons (Fsp3) is 0.700. The second-order valence-corrected chi connectivity index (χ2v) is 3.57. The maximum atomic E-state index is 5.74. The van der Waals surface area contributed by atoms with Gasteiger partial charge in [-0.1, -0.05) is 0 Å². The molecule has 0 spiro atoms. The zero-order chi connectivity index (χ0) is 11.3. The van der Waals surface area contributed by atoms with Crippen LogP contribution in [0.2, 0.25) is 0 Å². The zero-order valence-corrected chi connectivity index (χ0v) is 9.51. The predicted octanol–water partition coefficient (Wildman–Crippen LogP) is 0.471. The van der Waals surface area contributed by atoms with Crippen LogP contribution < -0.4 is 5.73 Å². The Bertz CT molecular complexity index is 288. The van der Waals surface area contributed by atoms with Gasteiger partial charge in [-0.05, 0) is 6.92 Å². The average Bonchev–Trinajstić information content (AvgIpc) is 2.61. The van der Waals surface area contributed by atoms with E-state index < -0.39 is 0 Å². The van der Waals surface area contributed by atoms with Crippen LogP contribution in [0.4, 0.5) is 0 Å². The molecule has 2 atom stereocenters. The van der Waals surface area contributed by atoms with Gasteiger partial charge >= 0.3 is 0 Å². The van der Waals surface area contributed by atoms with Crippen molar-refractivity contribution in [3.8, 4) is 0 Å². The first-order valence-corrected chi connectivity index (χ1v) is 5.00. The molecule has 1 rings (SSSR count). The van der Waals surface area contributed by atoms with Gasteiger partial charge < -0.3 is 15.2 Å². The summed E-state index contributed by atoms with van der Waals surface area (Å²) >= 11 is 0. The van der Waals surface area contributed by atoms with Crippen LogP contribution in [0.1, 0.15) is 18.6 Å². The number of rotatable bonds is 6. The Hall–Kier alpha value is -0.910. The summed E-state index contributed by atoms with van der Waals surface area (Å²) in [5.74, 6) is 0. The van der Waals surface area contributed by atoms with Crippen LogP contribution in [-0.4, -0.2) is 36.1 Å². The minimum absolute atomic E-state index is 0.0313. The number of ether oxygens (including phenoxy) is 2. The van der Waals surface area contributed by atoms with Crippen LogP contribution in [0, 0.1) is 0 Å². The van der Waals surface area contributed by atoms with E-state index in [9.17, 15) is 0 Å². The Balaban J connectivity index is 2.56. The summed E-state index contributed by atoms with van der Waals surface area (Å²) in [7, 11) is 3.52. The number of nitrogens with zero attached hydrogens (tertiary/aromatic N) is 2. The van der Waals surface area contributed by atoms with Gasteiger partial charge in [0.1, 0.15) is 0 Å². The Labute approximate surface area is 90.2 Å². The van der Waals surface area contributed by atoms with Crippen molar-refractivity contribution < 1.29 is 9.47 Å². The first kappa shape index (κ1) is 12.2. The van der Waals surface area contributed by atoms with Crippen LogP contribution >= 0.6 is 0 Å². The number of methoxy groups -OCH3 is 1. The van der Waals surface area contributed by atoms with Gasteiger partial charge in [0.2, 0.25) is 0 Å². The molecule has 5 heteroatoms. The van der Waals surface area contributed by atoms with E-state index in [1.165, 1.54) is 0 Å². The van der Waals surface area contributed by atoms with Crippen molar-refractivity contribution in [3.05, 3.63) is 18.0 Å². The summed E-state index contributed by atoms with van der Waals surface area (Å²) in [4.78, 5) is 0. The van der Waals surface area contributed by atoms with Crippen molar-refractivity contribution in [1.29, 1.82) is 0 Å². The van der Waals surface area contributed by atoms with Gasteiger partial charge in [-0.3, -0.25) is 4.68 Å². The number of aryl methyl sites for hydroxylation is 1. The quantitative estimate of drug-likeness (QED) is 0.746. The van der Waals surface area contributed by atoms with Crippen molar-refractivity contribution in [3.63, 3.8) is 0 Å². The molecule has 1 aromatic heterocycles. The van der Waals surface area contributed by atoms with E-state index >= 15 is 0 Å². The van der Waals surface area contributed by atoms with Gasteiger partial charge in [0.05, 0.1) is 25.0 Å². The van der Waals surface area contributed by atoms with E-state index in [4.69, 9.17) is 15.2 Å².